The second kappa shape index (κ2) is 2.37. The molecule has 0 saturated carbocycles. The van der Waals surface area contributed by atoms with Crippen LogP contribution in [0.25, 0.3) is 0 Å². The van der Waals surface area contributed by atoms with E-state index in [1.165, 1.54) is 11.9 Å². The van der Waals surface area contributed by atoms with E-state index in [0.717, 1.165) is 0 Å². The quantitative estimate of drug-likeness (QED) is 0.561. The first-order valence-electron chi connectivity index (χ1n) is 3.56. The molecule has 4 heteroatoms. The molecule has 1 aliphatic heterocycles. The van der Waals surface area contributed by atoms with Gasteiger partial charge in [-0.15, -0.1) is 0 Å². The van der Waals surface area contributed by atoms with Gasteiger partial charge in [0.1, 0.15) is 11.8 Å². The van der Waals surface area contributed by atoms with E-state index in [2.05, 4.69) is 0 Å². The predicted molar refractivity (Wildman–Crippen MR) is 38.9 cm³/mol. The third kappa shape index (κ3) is 1.63. The van der Waals surface area contributed by atoms with Crippen molar-refractivity contribution in [2.45, 2.75) is 32.1 Å². The zero-order valence-corrected chi connectivity index (χ0v) is 7.00. The van der Waals surface area contributed by atoms with Gasteiger partial charge in [-0.05, 0) is 13.8 Å². The van der Waals surface area contributed by atoms with Gasteiger partial charge in [0.15, 0.2) is 0 Å². The lowest BCUT2D eigenvalue weighted by atomic mass is 10.0. The van der Waals surface area contributed by atoms with Gasteiger partial charge < -0.3 is 9.84 Å². The molecule has 0 bridgehead atoms. The highest BCUT2D eigenvalue weighted by atomic mass is 16.6. The number of carbonyl (C=O) groups is 1. The summed E-state index contributed by atoms with van der Waals surface area (Å²) in [5.74, 6) is 0. The molecule has 1 aliphatic rings. The van der Waals surface area contributed by atoms with Crippen LogP contribution in [0.1, 0.15) is 20.3 Å². The van der Waals surface area contributed by atoms with Gasteiger partial charge in [0, 0.05) is 13.5 Å². The number of hydrogen-bond acceptors (Lipinski definition) is 3. The van der Waals surface area contributed by atoms with Crippen molar-refractivity contribution in [3.8, 4) is 0 Å². The monoisotopic (exact) mass is 159 g/mol. The highest BCUT2D eigenvalue weighted by Gasteiger charge is 2.36. The van der Waals surface area contributed by atoms with Gasteiger partial charge in [0.05, 0.1) is 0 Å². The van der Waals surface area contributed by atoms with Gasteiger partial charge in [0.2, 0.25) is 0 Å². The summed E-state index contributed by atoms with van der Waals surface area (Å²) >= 11 is 0. The van der Waals surface area contributed by atoms with Crippen LogP contribution >= 0.6 is 0 Å². The Labute approximate surface area is 65.8 Å². The van der Waals surface area contributed by atoms with Gasteiger partial charge in [-0.2, -0.15) is 0 Å². The van der Waals surface area contributed by atoms with Crippen molar-refractivity contribution < 1.29 is 14.6 Å². The molecule has 1 rings (SSSR count). The summed E-state index contributed by atoms with van der Waals surface area (Å²) in [6, 6.07) is 0. The van der Waals surface area contributed by atoms with Crippen LogP contribution in [0.15, 0.2) is 0 Å². The van der Waals surface area contributed by atoms with Crippen LogP contribution in [-0.2, 0) is 4.74 Å². The van der Waals surface area contributed by atoms with Crippen LogP contribution in [0.3, 0.4) is 0 Å². The van der Waals surface area contributed by atoms with E-state index in [1.807, 2.05) is 0 Å². The SMILES string of the molecule is CN1C(=O)OC(C)(C)CC1O. The predicted octanol–water partition coefficient (Wildman–Crippen LogP) is 0.555. The van der Waals surface area contributed by atoms with Crippen molar-refractivity contribution >= 4 is 6.09 Å². The lowest BCUT2D eigenvalue weighted by molar-refractivity contribution is -0.102. The Bertz CT molecular complexity index is 179. The number of nitrogens with zero attached hydrogens (tertiary/aromatic N) is 1. The summed E-state index contributed by atoms with van der Waals surface area (Å²) in [6.07, 6.45) is -0.727. The minimum Gasteiger partial charge on any atom is -0.443 e. The Kier molecular flexibility index (Phi) is 1.80. The molecule has 1 heterocycles. The van der Waals surface area contributed by atoms with Crippen molar-refractivity contribution in [3.05, 3.63) is 0 Å². The summed E-state index contributed by atoms with van der Waals surface area (Å²) in [7, 11) is 1.52. The normalized spacial score (nSPS) is 30.0. The fourth-order valence-electron chi connectivity index (χ4n) is 1.05. The van der Waals surface area contributed by atoms with Gasteiger partial charge in [-0.3, -0.25) is 4.90 Å². The summed E-state index contributed by atoms with van der Waals surface area (Å²) in [6.45, 7) is 3.56. The Hall–Kier alpha value is -0.770. The summed E-state index contributed by atoms with van der Waals surface area (Å²) in [5, 5.41) is 9.31. The van der Waals surface area contributed by atoms with Crippen LogP contribution < -0.4 is 0 Å². The Morgan fingerprint density at radius 2 is 2.27 bits per heavy atom. The van der Waals surface area contributed by atoms with E-state index in [1.54, 1.807) is 13.8 Å². The van der Waals surface area contributed by atoms with Crippen molar-refractivity contribution in [1.29, 1.82) is 0 Å². The molecule has 0 aliphatic carbocycles. The van der Waals surface area contributed by atoms with Gasteiger partial charge in [-0.25, -0.2) is 4.79 Å². The van der Waals surface area contributed by atoms with Crippen molar-refractivity contribution in [2.24, 2.45) is 0 Å². The fourth-order valence-corrected chi connectivity index (χ4v) is 1.05. The third-order valence-electron chi connectivity index (χ3n) is 1.77. The Morgan fingerprint density at radius 1 is 1.73 bits per heavy atom. The average molecular weight is 159 g/mol. The lowest BCUT2D eigenvalue weighted by Gasteiger charge is -2.38. The number of hydrogen-bond donors (Lipinski definition) is 1. The van der Waals surface area contributed by atoms with Crippen molar-refractivity contribution in [3.63, 3.8) is 0 Å². The van der Waals surface area contributed by atoms with Crippen LogP contribution in [-0.4, -0.2) is 35.0 Å². The van der Waals surface area contributed by atoms with Crippen LogP contribution in [0.4, 0.5) is 4.79 Å². The van der Waals surface area contributed by atoms with Crippen molar-refractivity contribution in [1.82, 2.24) is 4.90 Å². The Balaban J connectivity index is 2.70. The molecular formula is C7H13NO3. The largest absolute Gasteiger partial charge is 0.443 e. The number of cyclic esters (lactones) is 1. The standard InChI is InChI=1S/C7H13NO3/c1-7(2)4-5(9)8(3)6(10)11-7/h5,9H,4H2,1-3H3. The zero-order chi connectivity index (χ0) is 8.65. The van der Waals surface area contributed by atoms with E-state index >= 15 is 0 Å². The first kappa shape index (κ1) is 8.33. The molecule has 0 radical (unpaired) electrons. The first-order valence-corrected chi connectivity index (χ1v) is 3.56. The maximum absolute atomic E-state index is 11.0. The number of rotatable bonds is 0. The molecule has 1 saturated heterocycles. The van der Waals surface area contributed by atoms with Crippen LogP contribution in [0.2, 0.25) is 0 Å². The fraction of sp³-hybridized carbons (Fsp3) is 0.857. The summed E-state index contributed by atoms with van der Waals surface area (Å²) in [4.78, 5) is 12.1. The highest BCUT2D eigenvalue weighted by Crippen LogP contribution is 2.24. The zero-order valence-electron chi connectivity index (χ0n) is 7.00. The van der Waals surface area contributed by atoms with E-state index in [-0.39, 0.29) is 0 Å². The first-order chi connectivity index (χ1) is 4.92. The number of ether oxygens (including phenoxy) is 1. The van der Waals surface area contributed by atoms with Gasteiger partial charge in [0.25, 0.3) is 0 Å². The minimum absolute atomic E-state index is 0.454. The molecule has 0 aromatic heterocycles. The third-order valence-corrected chi connectivity index (χ3v) is 1.77. The van der Waals surface area contributed by atoms with E-state index in [9.17, 15) is 9.90 Å². The molecule has 0 aromatic carbocycles. The van der Waals surface area contributed by atoms with Crippen molar-refractivity contribution in [2.75, 3.05) is 7.05 Å². The topological polar surface area (TPSA) is 49.8 Å². The molecule has 0 spiro atoms. The second-order valence-corrected chi connectivity index (χ2v) is 3.42. The smallest absolute Gasteiger partial charge is 0.412 e. The molecule has 1 unspecified atom stereocenters. The van der Waals surface area contributed by atoms with Crippen LogP contribution in [0.5, 0.6) is 0 Å². The molecule has 1 N–H and O–H groups in total. The second-order valence-electron chi connectivity index (χ2n) is 3.42. The number of carbonyl (C=O) groups excluding carboxylic acids is 1. The van der Waals surface area contributed by atoms with E-state index in [0.29, 0.717) is 6.42 Å². The molecular weight excluding hydrogens is 146 g/mol. The average Bonchev–Trinajstić information content (AvgIpc) is 1.81. The molecule has 64 valence electrons. The number of amides is 1. The molecule has 4 nitrogen and oxygen atoms in total. The maximum atomic E-state index is 11.0. The molecule has 11 heavy (non-hydrogen) atoms. The van der Waals surface area contributed by atoms with Crippen LogP contribution in [0, 0.1) is 0 Å². The lowest BCUT2D eigenvalue weighted by Crippen LogP contribution is -2.50. The van der Waals surface area contributed by atoms with Gasteiger partial charge >= 0.3 is 6.09 Å². The van der Waals surface area contributed by atoms with E-state index in [4.69, 9.17) is 4.74 Å². The molecule has 1 atom stereocenters. The number of aliphatic hydroxyl groups excluding tert-OH is 1. The minimum atomic E-state index is -0.716. The molecule has 0 aromatic rings. The summed E-state index contributed by atoms with van der Waals surface area (Å²) in [5.41, 5.74) is -0.539. The van der Waals surface area contributed by atoms with E-state index < -0.39 is 17.9 Å². The Morgan fingerprint density at radius 3 is 2.73 bits per heavy atom. The summed E-state index contributed by atoms with van der Waals surface area (Å²) < 4.78 is 4.98. The molecule has 1 amide bonds. The number of aliphatic hydroxyl groups is 1. The van der Waals surface area contributed by atoms with Gasteiger partial charge in [-0.1, -0.05) is 0 Å². The highest BCUT2D eigenvalue weighted by molar-refractivity contribution is 5.68. The maximum Gasteiger partial charge on any atom is 0.412 e. The molecule has 1 fully saturated rings.